The van der Waals surface area contributed by atoms with Gasteiger partial charge in [-0.3, -0.25) is 0 Å². The molecule has 4 nitrogen and oxygen atoms in total. The maximum atomic E-state index is 10.5. The molecule has 21 heavy (non-hydrogen) atoms. The molecule has 0 aliphatic rings. The largest absolute Gasteiger partial charge is 0.478 e. The zero-order valence-corrected chi connectivity index (χ0v) is 13.1. The lowest BCUT2D eigenvalue weighted by Crippen LogP contribution is -2.17. The number of hydrogen-bond acceptors (Lipinski definition) is 3. The highest BCUT2D eigenvalue weighted by molar-refractivity contribution is 9.10. The number of halogens is 1. The Kier molecular flexibility index (Phi) is 5.11. The van der Waals surface area contributed by atoms with Gasteiger partial charge in [-0.15, -0.1) is 0 Å². The molecule has 0 amide bonds. The molecule has 0 radical (unpaired) electrons. The number of carbonyl (C=O) groups is 1. The quantitative estimate of drug-likeness (QED) is 0.840. The summed E-state index contributed by atoms with van der Waals surface area (Å²) in [6, 6.07) is 11.9. The summed E-state index contributed by atoms with van der Waals surface area (Å²) in [6.07, 6.45) is 4.28. The third-order valence-electron chi connectivity index (χ3n) is 2.91. The van der Waals surface area contributed by atoms with E-state index in [0.717, 1.165) is 28.5 Å². The molecule has 2 rings (SSSR count). The molecule has 0 saturated heterocycles. The van der Waals surface area contributed by atoms with Crippen LogP contribution in [0.4, 0.5) is 5.82 Å². The number of carboxylic acid groups (broad SMARTS) is 1. The SMILES string of the molecule is CN(Cc1ccc(Br)cc1)c1ccc(/C=C/C(=O)O)cn1. The van der Waals surface area contributed by atoms with E-state index in [0.29, 0.717) is 0 Å². The van der Waals surface area contributed by atoms with Crippen molar-refractivity contribution < 1.29 is 9.90 Å². The minimum Gasteiger partial charge on any atom is -0.478 e. The normalized spacial score (nSPS) is 10.8. The molecule has 1 aromatic carbocycles. The van der Waals surface area contributed by atoms with E-state index in [9.17, 15) is 4.79 Å². The third kappa shape index (κ3) is 4.72. The van der Waals surface area contributed by atoms with E-state index >= 15 is 0 Å². The molecule has 108 valence electrons. The smallest absolute Gasteiger partial charge is 0.328 e. The van der Waals surface area contributed by atoms with Crippen LogP contribution in [0.15, 0.2) is 53.1 Å². The van der Waals surface area contributed by atoms with Gasteiger partial charge in [-0.1, -0.05) is 28.1 Å². The summed E-state index contributed by atoms with van der Waals surface area (Å²) >= 11 is 3.42. The van der Waals surface area contributed by atoms with Crippen LogP contribution in [0.25, 0.3) is 6.08 Å². The first-order valence-electron chi connectivity index (χ1n) is 6.37. The van der Waals surface area contributed by atoms with Crippen molar-refractivity contribution in [2.45, 2.75) is 6.54 Å². The lowest BCUT2D eigenvalue weighted by atomic mass is 10.2. The molecule has 0 unspecified atom stereocenters. The second-order valence-corrected chi connectivity index (χ2v) is 5.52. The van der Waals surface area contributed by atoms with Crippen molar-refractivity contribution >= 4 is 33.8 Å². The van der Waals surface area contributed by atoms with Crippen molar-refractivity contribution in [1.82, 2.24) is 4.98 Å². The van der Waals surface area contributed by atoms with Crippen LogP contribution in [-0.2, 0) is 11.3 Å². The summed E-state index contributed by atoms with van der Waals surface area (Å²) in [5.41, 5.74) is 1.95. The number of hydrogen-bond donors (Lipinski definition) is 1. The van der Waals surface area contributed by atoms with E-state index in [2.05, 4.69) is 33.0 Å². The zero-order valence-electron chi connectivity index (χ0n) is 11.5. The van der Waals surface area contributed by atoms with Gasteiger partial charge in [0.1, 0.15) is 5.82 Å². The van der Waals surface area contributed by atoms with E-state index in [1.165, 1.54) is 11.6 Å². The van der Waals surface area contributed by atoms with Crippen molar-refractivity contribution in [1.29, 1.82) is 0 Å². The maximum Gasteiger partial charge on any atom is 0.328 e. The first kappa shape index (κ1) is 15.3. The van der Waals surface area contributed by atoms with Gasteiger partial charge in [-0.2, -0.15) is 0 Å². The standard InChI is InChI=1S/C16H15BrN2O2/c1-19(11-13-2-6-14(17)7-3-13)15-8-4-12(10-18-15)5-9-16(20)21/h2-10H,11H2,1H3,(H,20,21)/b9-5+. The second-order valence-electron chi connectivity index (χ2n) is 4.60. The molecule has 0 bridgehead atoms. The molecule has 1 N–H and O–H groups in total. The lowest BCUT2D eigenvalue weighted by molar-refractivity contribution is -0.131. The first-order chi connectivity index (χ1) is 10.0. The molecule has 0 aliphatic carbocycles. The Morgan fingerprint density at radius 3 is 2.57 bits per heavy atom. The molecule has 0 saturated carbocycles. The predicted octanol–water partition coefficient (Wildman–Crippen LogP) is 3.58. The number of aromatic nitrogens is 1. The molecule has 0 atom stereocenters. The Balaban J connectivity index is 2.04. The van der Waals surface area contributed by atoms with Crippen LogP contribution in [0.5, 0.6) is 0 Å². The fraction of sp³-hybridized carbons (Fsp3) is 0.125. The Morgan fingerprint density at radius 2 is 2.00 bits per heavy atom. The average molecular weight is 347 g/mol. The van der Waals surface area contributed by atoms with Crippen molar-refractivity contribution in [3.05, 3.63) is 64.3 Å². The third-order valence-corrected chi connectivity index (χ3v) is 3.44. The van der Waals surface area contributed by atoms with Crippen LogP contribution in [0.2, 0.25) is 0 Å². The number of anilines is 1. The van der Waals surface area contributed by atoms with Crippen LogP contribution >= 0.6 is 15.9 Å². The Morgan fingerprint density at radius 1 is 1.29 bits per heavy atom. The topological polar surface area (TPSA) is 53.4 Å². The van der Waals surface area contributed by atoms with Gasteiger partial charge in [0.2, 0.25) is 0 Å². The summed E-state index contributed by atoms with van der Waals surface area (Å²) < 4.78 is 1.06. The minimum atomic E-state index is -0.966. The van der Waals surface area contributed by atoms with Gasteiger partial charge in [0.05, 0.1) is 0 Å². The first-order valence-corrected chi connectivity index (χ1v) is 7.16. The maximum absolute atomic E-state index is 10.5. The molecule has 0 aliphatic heterocycles. The van der Waals surface area contributed by atoms with Crippen molar-refractivity contribution in [2.24, 2.45) is 0 Å². The highest BCUT2D eigenvalue weighted by Gasteiger charge is 2.03. The van der Waals surface area contributed by atoms with E-state index in [1.54, 1.807) is 6.20 Å². The Labute approximate surface area is 131 Å². The summed E-state index contributed by atoms with van der Waals surface area (Å²) in [5, 5.41) is 8.58. The van der Waals surface area contributed by atoms with Crippen LogP contribution < -0.4 is 4.90 Å². The van der Waals surface area contributed by atoms with Crippen LogP contribution in [0, 0.1) is 0 Å². The van der Waals surface area contributed by atoms with E-state index in [1.807, 2.05) is 36.2 Å². The monoisotopic (exact) mass is 346 g/mol. The molecule has 0 fully saturated rings. The van der Waals surface area contributed by atoms with Gasteiger partial charge in [-0.25, -0.2) is 9.78 Å². The van der Waals surface area contributed by atoms with Gasteiger partial charge in [0, 0.05) is 30.3 Å². The number of rotatable bonds is 5. The molecule has 5 heteroatoms. The van der Waals surface area contributed by atoms with Gasteiger partial charge < -0.3 is 10.0 Å². The van der Waals surface area contributed by atoms with Gasteiger partial charge in [0.25, 0.3) is 0 Å². The fourth-order valence-corrected chi connectivity index (χ4v) is 2.10. The van der Waals surface area contributed by atoms with Crippen LogP contribution in [0.1, 0.15) is 11.1 Å². The zero-order chi connectivity index (χ0) is 15.2. The van der Waals surface area contributed by atoms with Gasteiger partial charge >= 0.3 is 5.97 Å². The predicted molar refractivity (Wildman–Crippen MR) is 87.2 cm³/mol. The van der Waals surface area contributed by atoms with E-state index in [4.69, 9.17) is 5.11 Å². The number of carboxylic acids is 1. The fourth-order valence-electron chi connectivity index (χ4n) is 1.83. The number of benzene rings is 1. The van der Waals surface area contributed by atoms with E-state index in [-0.39, 0.29) is 0 Å². The van der Waals surface area contributed by atoms with Gasteiger partial charge in [0.15, 0.2) is 0 Å². The van der Waals surface area contributed by atoms with Gasteiger partial charge in [-0.05, 0) is 41.5 Å². The molecule has 1 aromatic heterocycles. The molecule has 2 aromatic rings. The Bertz CT molecular complexity index is 636. The Hall–Kier alpha value is -2.14. The lowest BCUT2D eigenvalue weighted by Gasteiger charge is -2.18. The second kappa shape index (κ2) is 7.04. The number of aliphatic carboxylic acids is 1. The van der Waals surface area contributed by atoms with Crippen molar-refractivity contribution in [2.75, 3.05) is 11.9 Å². The summed E-state index contributed by atoms with van der Waals surface area (Å²) in [6.45, 7) is 0.755. The van der Waals surface area contributed by atoms with Crippen molar-refractivity contribution in [3.8, 4) is 0 Å². The van der Waals surface area contributed by atoms with E-state index < -0.39 is 5.97 Å². The minimum absolute atomic E-state index is 0.755. The highest BCUT2D eigenvalue weighted by atomic mass is 79.9. The summed E-state index contributed by atoms with van der Waals surface area (Å²) in [7, 11) is 1.97. The van der Waals surface area contributed by atoms with Crippen LogP contribution in [-0.4, -0.2) is 23.1 Å². The highest BCUT2D eigenvalue weighted by Crippen LogP contribution is 2.16. The number of pyridine rings is 1. The molecule has 0 spiro atoms. The molecule has 1 heterocycles. The average Bonchev–Trinajstić information content (AvgIpc) is 2.48. The summed E-state index contributed by atoms with van der Waals surface area (Å²) in [5.74, 6) is -0.128. The molecular weight excluding hydrogens is 332 g/mol. The number of nitrogens with zero attached hydrogens (tertiary/aromatic N) is 2. The van der Waals surface area contributed by atoms with Crippen LogP contribution in [0.3, 0.4) is 0 Å². The van der Waals surface area contributed by atoms with Crippen molar-refractivity contribution in [3.63, 3.8) is 0 Å². The summed E-state index contributed by atoms with van der Waals surface area (Å²) in [4.78, 5) is 16.8. The molecular formula is C16H15BrN2O2.